The van der Waals surface area contributed by atoms with Crippen molar-refractivity contribution in [3.05, 3.63) is 69.7 Å². The second-order valence-electron chi connectivity index (χ2n) is 4.99. The number of rotatable bonds is 4. The van der Waals surface area contributed by atoms with Crippen LogP contribution in [0.4, 0.5) is 0 Å². The van der Waals surface area contributed by atoms with Gasteiger partial charge in [-0.2, -0.15) is 10.2 Å². The minimum Gasteiger partial charge on any atom is -0.367 e. The Hall–Kier alpha value is -2.08. The summed E-state index contributed by atoms with van der Waals surface area (Å²) >= 11 is 11.7. The number of hydrogen-bond acceptors (Lipinski definition) is 3. The molecule has 0 fully saturated rings. The van der Waals surface area contributed by atoms with E-state index < -0.39 is 0 Å². The highest BCUT2D eigenvalue weighted by atomic mass is 35.5. The van der Waals surface area contributed by atoms with Crippen LogP contribution in [0, 0.1) is 0 Å². The van der Waals surface area contributed by atoms with Gasteiger partial charge in [0.05, 0.1) is 11.4 Å². The van der Waals surface area contributed by atoms with E-state index in [4.69, 9.17) is 28.9 Å². The van der Waals surface area contributed by atoms with E-state index in [0.29, 0.717) is 10.0 Å². The summed E-state index contributed by atoms with van der Waals surface area (Å²) in [7, 11) is 0. The van der Waals surface area contributed by atoms with Crippen LogP contribution in [-0.2, 0) is 0 Å². The van der Waals surface area contributed by atoms with Gasteiger partial charge in [-0.05, 0) is 49.2 Å². The Morgan fingerprint density at radius 1 is 0.800 bits per heavy atom. The Bertz CT molecular complexity index is 781. The zero-order valence-electron chi connectivity index (χ0n) is 13.7. The molecule has 0 bridgehead atoms. The summed E-state index contributed by atoms with van der Waals surface area (Å²) in [5.41, 5.74) is 11.7. The van der Waals surface area contributed by atoms with Crippen LogP contribution >= 0.6 is 35.6 Å². The molecule has 0 unspecified atom stereocenters. The molecule has 8 heteroatoms. The molecular weight excluding hydrogens is 381 g/mol. The number of nitrogens with one attached hydrogen (secondary N) is 1. The highest BCUT2D eigenvalue weighted by Crippen LogP contribution is 2.11. The Labute approximate surface area is 163 Å². The summed E-state index contributed by atoms with van der Waals surface area (Å²) in [6.45, 7) is 3.69. The number of nitrogens with two attached hydrogens (primary N) is 1. The van der Waals surface area contributed by atoms with Crippen molar-refractivity contribution in [3.63, 3.8) is 0 Å². The Kier molecular flexibility index (Phi) is 8.41. The van der Waals surface area contributed by atoms with Gasteiger partial charge in [-0.25, -0.2) is 5.43 Å². The molecule has 2 aromatic rings. The van der Waals surface area contributed by atoms with Gasteiger partial charge < -0.3 is 5.73 Å². The first kappa shape index (κ1) is 21.0. The lowest BCUT2D eigenvalue weighted by molar-refractivity contribution is 0.983. The molecule has 0 spiro atoms. The summed E-state index contributed by atoms with van der Waals surface area (Å²) in [6, 6.07) is 14.7. The van der Waals surface area contributed by atoms with Crippen LogP contribution in [-0.4, -0.2) is 17.4 Å². The molecule has 0 aliphatic carbocycles. The minimum absolute atomic E-state index is 0. The minimum atomic E-state index is 0. The van der Waals surface area contributed by atoms with Crippen LogP contribution in [0.25, 0.3) is 0 Å². The van der Waals surface area contributed by atoms with Gasteiger partial charge in [-0.1, -0.05) is 47.5 Å². The maximum atomic E-state index is 5.86. The zero-order chi connectivity index (χ0) is 17.5. The maximum Gasteiger partial charge on any atom is 0.234 e. The van der Waals surface area contributed by atoms with Crippen molar-refractivity contribution in [1.82, 2.24) is 5.43 Å². The molecule has 25 heavy (non-hydrogen) atoms. The van der Waals surface area contributed by atoms with Gasteiger partial charge >= 0.3 is 0 Å². The Morgan fingerprint density at radius 2 is 1.24 bits per heavy atom. The van der Waals surface area contributed by atoms with E-state index in [-0.39, 0.29) is 18.4 Å². The number of halogens is 3. The first-order valence-corrected chi connectivity index (χ1v) is 7.91. The predicted molar refractivity (Wildman–Crippen MR) is 109 cm³/mol. The summed E-state index contributed by atoms with van der Waals surface area (Å²) in [6.07, 6.45) is 0. The van der Waals surface area contributed by atoms with E-state index in [1.807, 2.05) is 38.1 Å². The molecule has 0 saturated carbocycles. The van der Waals surface area contributed by atoms with Gasteiger partial charge in [0.2, 0.25) is 5.96 Å². The maximum absolute atomic E-state index is 5.86. The number of hydrogen-bond donors (Lipinski definition) is 2. The fraction of sp³-hybridized carbons (Fsp3) is 0.118. The lowest BCUT2D eigenvalue weighted by atomic mass is 10.1. The molecule has 0 aliphatic rings. The topological polar surface area (TPSA) is 75.1 Å². The van der Waals surface area contributed by atoms with Gasteiger partial charge in [0.15, 0.2) is 0 Å². The quantitative estimate of drug-likeness (QED) is 0.453. The van der Waals surface area contributed by atoms with Crippen molar-refractivity contribution < 1.29 is 0 Å². The van der Waals surface area contributed by atoms with Crippen LogP contribution in [0.3, 0.4) is 0 Å². The number of hydrazone groups is 1. The molecular formula is C17H18Cl3N5. The van der Waals surface area contributed by atoms with Gasteiger partial charge in [-0.15, -0.1) is 17.5 Å². The lowest BCUT2D eigenvalue weighted by Gasteiger charge is -2.03. The number of benzene rings is 2. The van der Waals surface area contributed by atoms with Gasteiger partial charge in [0.25, 0.3) is 0 Å². The number of nitrogens with zero attached hydrogens (tertiary/aromatic N) is 3. The van der Waals surface area contributed by atoms with Crippen LogP contribution in [0.2, 0.25) is 10.0 Å². The third-order valence-corrected chi connectivity index (χ3v) is 3.67. The first-order chi connectivity index (χ1) is 11.5. The molecule has 2 aromatic carbocycles. The zero-order valence-corrected chi connectivity index (χ0v) is 16.0. The molecule has 0 heterocycles. The largest absolute Gasteiger partial charge is 0.367 e. The van der Waals surface area contributed by atoms with Gasteiger partial charge in [0.1, 0.15) is 0 Å². The van der Waals surface area contributed by atoms with Crippen LogP contribution in [0.5, 0.6) is 0 Å². The fourth-order valence-electron chi connectivity index (χ4n) is 1.80. The number of guanidine groups is 1. The van der Waals surface area contributed by atoms with Crippen LogP contribution in [0.1, 0.15) is 25.0 Å². The van der Waals surface area contributed by atoms with E-state index >= 15 is 0 Å². The Morgan fingerprint density at radius 3 is 1.72 bits per heavy atom. The highest BCUT2D eigenvalue weighted by molar-refractivity contribution is 6.31. The predicted octanol–water partition coefficient (Wildman–Crippen LogP) is 4.47. The van der Waals surface area contributed by atoms with Crippen molar-refractivity contribution >= 4 is 53.0 Å². The van der Waals surface area contributed by atoms with Crippen molar-refractivity contribution in [2.75, 3.05) is 0 Å². The summed E-state index contributed by atoms with van der Waals surface area (Å²) in [4.78, 5) is 0. The summed E-state index contributed by atoms with van der Waals surface area (Å²) in [5.74, 6) is 0.0941. The monoisotopic (exact) mass is 397 g/mol. The van der Waals surface area contributed by atoms with E-state index in [1.165, 1.54) is 0 Å². The average Bonchev–Trinajstić information content (AvgIpc) is 2.58. The van der Waals surface area contributed by atoms with Crippen molar-refractivity contribution in [3.8, 4) is 0 Å². The van der Waals surface area contributed by atoms with E-state index in [2.05, 4.69) is 20.7 Å². The molecule has 2 rings (SSSR count). The third-order valence-electron chi connectivity index (χ3n) is 3.17. The summed E-state index contributed by atoms with van der Waals surface area (Å²) in [5, 5.41) is 13.5. The molecule has 0 amide bonds. The molecule has 0 aromatic heterocycles. The normalized spacial score (nSPS) is 12.6. The molecule has 132 valence electrons. The molecule has 0 radical (unpaired) electrons. The van der Waals surface area contributed by atoms with Crippen LogP contribution in [0.15, 0.2) is 63.8 Å². The molecule has 5 nitrogen and oxygen atoms in total. The average molecular weight is 399 g/mol. The second-order valence-corrected chi connectivity index (χ2v) is 5.87. The second kappa shape index (κ2) is 10.0. The van der Waals surface area contributed by atoms with E-state index in [0.717, 1.165) is 22.6 Å². The molecule has 0 aliphatic heterocycles. The van der Waals surface area contributed by atoms with Crippen molar-refractivity contribution in [2.45, 2.75) is 13.8 Å². The SMILES string of the molecule is C/C(=N/N=C(/N)N/N=C(/C)c1ccc(Cl)cc1)c1ccc(Cl)cc1.Cl. The fourth-order valence-corrected chi connectivity index (χ4v) is 2.05. The highest BCUT2D eigenvalue weighted by Gasteiger charge is 1.99. The smallest absolute Gasteiger partial charge is 0.234 e. The van der Waals surface area contributed by atoms with Crippen LogP contribution < -0.4 is 11.2 Å². The standard InChI is InChI=1S/C17H17Cl2N5.ClH/c1-11(13-3-7-15(18)8-4-13)21-23-17(20)24-22-12(2)14-5-9-16(19)10-6-14;/h3-10H,1-2H3,(H3,20,23,24);1H/b21-11-,22-12-;. The van der Waals surface area contributed by atoms with Crippen molar-refractivity contribution in [2.24, 2.45) is 21.0 Å². The summed E-state index contributed by atoms with van der Waals surface area (Å²) < 4.78 is 0. The third kappa shape index (κ3) is 6.74. The first-order valence-electron chi connectivity index (χ1n) is 7.15. The van der Waals surface area contributed by atoms with Crippen molar-refractivity contribution in [1.29, 1.82) is 0 Å². The lowest BCUT2D eigenvalue weighted by Crippen LogP contribution is -2.27. The Balaban J connectivity index is 0.00000312. The molecule has 3 N–H and O–H groups in total. The van der Waals surface area contributed by atoms with Gasteiger partial charge in [-0.3, -0.25) is 0 Å². The van der Waals surface area contributed by atoms with E-state index in [1.54, 1.807) is 24.3 Å². The molecule has 0 atom stereocenters. The van der Waals surface area contributed by atoms with Gasteiger partial charge in [0, 0.05) is 10.0 Å². The van der Waals surface area contributed by atoms with E-state index in [9.17, 15) is 0 Å². The molecule has 0 saturated heterocycles.